The summed E-state index contributed by atoms with van der Waals surface area (Å²) in [4.78, 5) is 19.2. The molecule has 4 nitrogen and oxygen atoms in total. The molecular formula is C23H26ClF2N3O. The van der Waals surface area contributed by atoms with E-state index < -0.39 is 11.6 Å². The lowest BCUT2D eigenvalue weighted by molar-refractivity contribution is -0.131. The average molecular weight is 434 g/mol. The van der Waals surface area contributed by atoms with Gasteiger partial charge in [0.2, 0.25) is 5.91 Å². The molecule has 0 spiro atoms. The first-order valence-corrected chi connectivity index (χ1v) is 10.8. The Balaban J connectivity index is 1.32. The van der Waals surface area contributed by atoms with Crippen LogP contribution in [0.15, 0.2) is 42.5 Å². The Labute approximate surface area is 181 Å². The highest BCUT2D eigenvalue weighted by molar-refractivity contribution is 6.30. The Morgan fingerprint density at radius 2 is 1.73 bits per heavy atom. The van der Waals surface area contributed by atoms with Crippen LogP contribution in [0.5, 0.6) is 0 Å². The normalized spacial score (nSPS) is 21.0. The first-order chi connectivity index (χ1) is 14.5. The van der Waals surface area contributed by atoms with Crippen molar-refractivity contribution in [3.8, 4) is 0 Å². The maximum atomic E-state index is 13.5. The van der Waals surface area contributed by atoms with Gasteiger partial charge < -0.3 is 9.80 Å². The van der Waals surface area contributed by atoms with Gasteiger partial charge in [0.1, 0.15) is 0 Å². The van der Waals surface area contributed by atoms with Crippen LogP contribution in [-0.4, -0.2) is 54.5 Å². The van der Waals surface area contributed by atoms with Gasteiger partial charge >= 0.3 is 0 Å². The van der Waals surface area contributed by atoms with Crippen molar-refractivity contribution in [1.82, 2.24) is 9.80 Å². The van der Waals surface area contributed by atoms with Crippen molar-refractivity contribution < 1.29 is 13.6 Å². The highest BCUT2D eigenvalue weighted by Gasteiger charge is 2.29. The number of anilines is 1. The first-order valence-electron chi connectivity index (χ1n) is 10.5. The smallest absolute Gasteiger partial charge is 0.222 e. The molecule has 160 valence electrons. The van der Waals surface area contributed by atoms with E-state index in [9.17, 15) is 13.6 Å². The van der Waals surface area contributed by atoms with Gasteiger partial charge in [0.15, 0.2) is 11.6 Å². The van der Waals surface area contributed by atoms with Crippen LogP contribution in [0.25, 0.3) is 0 Å². The van der Waals surface area contributed by atoms with E-state index >= 15 is 0 Å². The molecule has 2 aliphatic rings. The van der Waals surface area contributed by atoms with Crippen LogP contribution >= 0.6 is 11.6 Å². The highest BCUT2D eigenvalue weighted by atomic mass is 35.5. The largest absolute Gasteiger partial charge is 0.369 e. The summed E-state index contributed by atoms with van der Waals surface area (Å²) in [5.41, 5.74) is 1.77. The molecule has 0 aromatic heterocycles. The van der Waals surface area contributed by atoms with E-state index in [1.807, 2.05) is 18.2 Å². The minimum Gasteiger partial charge on any atom is -0.369 e. The van der Waals surface area contributed by atoms with E-state index in [2.05, 4.69) is 15.9 Å². The molecule has 1 atom stereocenters. The topological polar surface area (TPSA) is 26.8 Å². The summed E-state index contributed by atoms with van der Waals surface area (Å²) in [6.07, 6.45) is 2.22. The Bertz CT molecular complexity index is 902. The number of piperazine rings is 1. The molecular weight excluding hydrogens is 408 g/mol. The van der Waals surface area contributed by atoms with Gasteiger partial charge in [-0.05, 0) is 48.7 Å². The van der Waals surface area contributed by atoms with Gasteiger partial charge in [-0.15, -0.1) is 0 Å². The van der Waals surface area contributed by atoms with E-state index in [1.54, 1.807) is 11.0 Å². The third kappa shape index (κ3) is 4.93. The molecule has 2 aliphatic heterocycles. The third-order valence-corrected chi connectivity index (χ3v) is 6.37. The van der Waals surface area contributed by atoms with Gasteiger partial charge in [-0.2, -0.15) is 0 Å². The molecule has 0 radical (unpaired) electrons. The van der Waals surface area contributed by atoms with Crippen LogP contribution < -0.4 is 4.90 Å². The van der Waals surface area contributed by atoms with E-state index in [1.165, 1.54) is 6.07 Å². The number of hydrogen-bond acceptors (Lipinski definition) is 3. The number of nitrogens with zero attached hydrogens (tertiary/aromatic N) is 3. The van der Waals surface area contributed by atoms with Crippen LogP contribution in [0, 0.1) is 11.6 Å². The lowest BCUT2D eigenvalue weighted by atomic mass is 10.1. The first kappa shape index (κ1) is 21.1. The van der Waals surface area contributed by atoms with E-state index in [0.29, 0.717) is 31.1 Å². The van der Waals surface area contributed by atoms with Crippen molar-refractivity contribution in [1.29, 1.82) is 0 Å². The second-order valence-corrected chi connectivity index (χ2v) is 8.48. The quantitative estimate of drug-likeness (QED) is 0.718. The molecule has 4 rings (SSSR count). The summed E-state index contributed by atoms with van der Waals surface area (Å²) in [5.74, 6) is -1.65. The molecule has 1 unspecified atom stereocenters. The maximum Gasteiger partial charge on any atom is 0.222 e. The number of rotatable bonds is 4. The number of hydrogen-bond donors (Lipinski definition) is 0. The van der Waals surface area contributed by atoms with Gasteiger partial charge in [-0.25, -0.2) is 8.78 Å². The molecule has 0 aliphatic carbocycles. The predicted molar refractivity (Wildman–Crippen MR) is 115 cm³/mol. The minimum atomic E-state index is -0.870. The Kier molecular flexibility index (Phi) is 6.54. The second-order valence-electron chi connectivity index (χ2n) is 8.05. The van der Waals surface area contributed by atoms with Crippen molar-refractivity contribution in [2.45, 2.75) is 31.8 Å². The number of carbonyl (C=O) groups excluding carboxylic acids is 1. The summed E-state index contributed by atoms with van der Waals surface area (Å²) < 4.78 is 26.7. The standard InChI is InChI=1S/C23H26ClF2N3O/c24-18-2-1-3-20(15-18)28-12-10-27(11-13-28)19-5-7-23(30)29(9-8-19)16-17-4-6-21(25)22(26)14-17/h1-4,6,14-15,19H,5,7-13,16H2. The fourth-order valence-electron chi connectivity index (χ4n) is 4.43. The minimum absolute atomic E-state index is 0.0831. The van der Waals surface area contributed by atoms with Crippen LogP contribution in [0.4, 0.5) is 14.5 Å². The molecule has 30 heavy (non-hydrogen) atoms. The van der Waals surface area contributed by atoms with E-state index in [0.717, 1.165) is 55.8 Å². The molecule has 2 saturated heterocycles. The summed E-state index contributed by atoms with van der Waals surface area (Å²) in [6, 6.07) is 12.2. The molecule has 0 saturated carbocycles. The number of amides is 1. The lowest BCUT2D eigenvalue weighted by Gasteiger charge is -2.40. The number of likely N-dealkylation sites (tertiary alicyclic amines) is 1. The summed E-state index contributed by atoms with van der Waals surface area (Å²) in [7, 11) is 0. The van der Waals surface area contributed by atoms with Crippen molar-refractivity contribution in [3.05, 3.63) is 64.7 Å². The number of benzene rings is 2. The van der Waals surface area contributed by atoms with Crippen LogP contribution in [0.3, 0.4) is 0 Å². The summed E-state index contributed by atoms with van der Waals surface area (Å²) >= 11 is 6.12. The third-order valence-electron chi connectivity index (χ3n) is 6.14. The molecule has 0 bridgehead atoms. The molecule has 2 fully saturated rings. The van der Waals surface area contributed by atoms with E-state index in [-0.39, 0.29) is 5.91 Å². The lowest BCUT2D eigenvalue weighted by Crippen LogP contribution is -2.50. The van der Waals surface area contributed by atoms with Gasteiger partial charge in [0, 0.05) is 62.4 Å². The predicted octanol–water partition coefficient (Wildman–Crippen LogP) is 4.32. The van der Waals surface area contributed by atoms with Gasteiger partial charge in [0.05, 0.1) is 0 Å². The fraction of sp³-hybridized carbons (Fsp3) is 0.435. The zero-order chi connectivity index (χ0) is 21.1. The van der Waals surface area contributed by atoms with Crippen molar-refractivity contribution in [2.75, 3.05) is 37.6 Å². The Morgan fingerprint density at radius 1 is 0.933 bits per heavy atom. The maximum absolute atomic E-state index is 13.5. The highest BCUT2D eigenvalue weighted by Crippen LogP contribution is 2.24. The van der Waals surface area contributed by atoms with E-state index in [4.69, 9.17) is 11.6 Å². The average Bonchev–Trinajstić information content (AvgIpc) is 2.93. The molecule has 1 amide bonds. The van der Waals surface area contributed by atoms with Crippen LogP contribution in [0.2, 0.25) is 5.02 Å². The monoisotopic (exact) mass is 433 g/mol. The zero-order valence-corrected chi connectivity index (χ0v) is 17.6. The zero-order valence-electron chi connectivity index (χ0n) is 16.9. The number of carbonyl (C=O) groups is 1. The second kappa shape index (κ2) is 9.31. The molecule has 2 aromatic rings. The van der Waals surface area contributed by atoms with Crippen LogP contribution in [0.1, 0.15) is 24.8 Å². The van der Waals surface area contributed by atoms with Crippen LogP contribution in [-0.2, 0) is 11.3 Å². The summed E-state index contributed by atoms with van der Waals surface area (Å²) in [6.45, 7) is 4.73. The molecule has 2 aromatic carbocycles. The van der Waals surface area contributed by atoms with Crippen molar-refractivity contribution in [3.63, 3.8) is 0 Å². The van der Waals surface area contributed by atoms with Crippen molar-refractivity contribution >= 4 is 23.2 Å². The molecule has 7 heteroatoms. The Hall–Kier alpha value is -2.18. The SMILES string of the molecule is O=C1CCC(N2CCN(c3cccc(Cl)c3)CC2)CCN1Cc1ccc(F)c(F)c1. The van der Waals surface area contributed by atoms with Gasteiger partial charge in [-0.1, -0.05) is 23.7 Å². The molecule has 0 N–H and O–H groups in total. The Morgan fingerprint density at radius 3 is 2.47 bits per heavy atom. The number of halogens is 3. The van der Waals surface area contributed by atoms with Gasteiger partial charge in [-0.3, -0.25) is 9.69 Å². The van der Waals surface area contributed by atoms with Crippen molar-refractivity contribution in [2.24, 2.45) is 0 Å². The molecule has 2 heterocycles. The fourth-order valence-corrected chi connectivity index (χ4v) is 4.62. The summed E-state index contributed by atoms with van der Waals surface area (Å²) in [5, 5.41) is 0.748. The van der Waals surface area contributed by atoms with Gasteiger partial charge in [0.25, 0.3) is 0 Å².